The first-order valence-electron chi connectivity index (χ1n) is 3.21. The van der Waals surface area contributed by atoms with Gasteiger partial charge in [0, 0.05) is 6.61 Å². The van der Waals surface area contributed by atoms with E-state index >= 15 is 0 Å². The number of hydrogen-bond acceptors (Lipinski definition) is 3. The van der Waals surface area contributed by atoms with E-state index in [4.69, 9.17) is 5.41 Å². The zero-order chi connectivity index (χ0) is 8.10. The van der Waals surface area contributed by atoms with Crippen molar-refractivity contribution in [2.75, 3.05) is 0 Å². The van der Waals surface area contributed by atoms with Crippen LogP contribution < -0.4 is 34.7 Å². The maximum Gasteiger partial charge on any atom is 1.00 e. The molecule has 0 unspecified atom stereocenters. The van der Waals surface area contributed by atoms with Gasteiger partial charge in [0.1, 0.15) is 6.08 Å². The predicted molar refractivity (Wildman–Crippen MR) is 39.0 cm³/mol. The Morgan fingerprint density at radius 2 is 1.92 bits per heavy atom. The number of benzene rings is 1. The molecule has 1 N–H and O–H groups in total. The Labute approximate surface area is 93.2 Å². The summed E-state index contributed by atoms with van der Waals surface area (Å²) in [6.45, 7) is 0.184. The van der Waals surface area contributed by atoms with Gasteiger partial charge in [0.2, 0.25) is 0 Å². The summed E-state index contributed by atoms with van der Waals surface area (Å²) in [6.07, 6.45) is -0.992. The Hall–Kier alpha value is -0.510. The molecule has 58 valence electrons. The molecule has 0 aliphatic carbocycles. The van der Waals surface area contributed by atoms with Gasteiger partial charge in [-0.1, -0.05) is 30.3 Å². The van der Waals surface area contributed by atoms with Crippen LogP contribution in [0.25, 0.3) is 0 Å². The van der Waals surface area contributed by atoms with E-state index in [1.807, 2.05) is 30.3 Å². The minimum atomic E-state index is -0.992. The van der Waals surface area contributed by atoms with Crippen molar-refractivity contribution in [3.05, 3.63) is 35.9 Å². The van der Waals surface area contributed by atoms with Gasteiger partial charge in [0.15, 0.2) is 0 Å². The van der Waals surface area contributed by atoms with Gasteiger partial charge < -0.3 is 9.84 Å². The van der Waals surface area contributed by atoms with Gasteiger partial charge in [0.05, 0.1) is 0 Å². The standard InChI is InChI=1S/C8H9NO2.Na/c9-8(10)11-6-7-4-2-1-3-5-7;/h1-5H,6H2,(H2,9,10);/q;+1/p-1. The molecular formula is C8H8NNaO2. The quantitative estimate of drug-likeness (QED) is 0.305. The summed E-state index contributed by atoms with van der Waals surface area (Å²) in [5.41, 5.74) is 0.896. The average molecular weight is 173 g/mol. The van der Waals surface area contributed by atoms with E-state index in [0.29, 0.717) is 0 Å². The molecule has 12 heavy (non-hydrogen) atoms. The summed E-state index contributed by atoms with van der Waals surface area (Å²) in [4.78, 5) is 0. The van der Waals surface area contributed by atoms with Gasteiger partial charge in [-0.3, -0.25) is 5.41 Å². The van der Waals surface area contributed by atoms with Crippen molar-refractivity contribution < 1.29 is 39.4 Å². The normalized spacial score (nSPS) is 8.33. The maximum atomic E-state index is 10.1. The molecule has 0 saturated heterocycles. The fraction of sp³-hybridized carbons (Fsp3) is 0.125. The van der Waals surface area contributed by atoms with Gasteiger partial charge in [-0.05, 0) is 5.56 Å². The minimum absolute atomic E-state index is 0. The van der Waals surface area contributed by atoms with E-state index in [2.05, 4.69) is 4.74 Å². The third-order valence-electron chi connectivity index (χ3n) is 1.21. The number of rotatable bonds is 2. The fourth-order valence-electron chi connectivity index (χ4n) is 0.723. The maximum absolute atomic E-state index is 10.1. The van der Waals surface area contributed by atoms with Crippen LogP contribution in [0.15, 0.2) is 30.3 Å². The second kappa shape index (κ2) is 6.06. The van der Waals surface area contributed by atoms with E-state index in [0.717, 1.165) is 5.56 Å². The van der Waals surface area contributed by atoms with Crippen molar-refractivity contribution in [3.63, 3.8) is 0 Å². The monoisotopic (exact) mass is 173 g/mol. The van der Waals surface area contributed by atoms with Crippen LogP contribution in [0.1, 0.15) is 5.56 Å². The molecule has 1 rings (SSSR count). The summed E-state index contributed by atoms with van der Waals surface area (Å²) in [5.74, 6) is 0. The third-order valence-corrected chi connectivity index (χ3v) is 1.21. The van der Waals surface area contributed by atoms with Gasteiger partial charge >= 0.3 is 29.6 Å². The van der Waals surface area contributed by atoms with Crippen LogP contribution in [-0.4, -0.2) is 6.08 Å². The van der Waals surface area contributed by atoms with E-state index in [1.54, 1.807) is 0 Å². The van der Waals surface area contributed by atoms with Crippen molar-refractivity contribution in [1.29, 1.82) is 5.41 Å². The molecule has 0 radical (unpaired) electrons. The number of nitrogens with one attached hydrogen (secondary N) is 1. The molecule has 0 atom stereocenters. The molecule has 0 fully saturated rings. The van der Waals surface area contributed by atoms with E-state index < -0.39 is 6.08 Å². The van der Waals surface area contributed by atoms with Gasteiger partial charge in [-0.25, -0.2) is 0 Å². The summed E-state index contributed by atoms with van der Waals surface area (Å²) in [7, 11) is 0. The summed E-state index contributed by atoms with van der Waals surface area (Å²) in [6, 6.07) is 9.26. The van der Waals surface area contributed by atoms with E-state index in [9.17, 15) is 5.11 Å². The van der Waals surface area contributed by atoms with Crippen molar-refractivity contribution >= 4 is 6.08 Å². The van der Waals surface area contributed by atoms with Crippen LogP contribution >= 0.6 is 0 Å². The van der Waals surface area contributed by atoms with Crippen LogP contribution in [0.2, 0.25) is 0 Å². The molecule has 1 aromatic carbocycles. The molecular weight excluding hydrogens is 165 g/mol. The molecule has 0 bridgehead atoms. The minimum Gasteiger partial charge on any atom is -0.596 e. The van der Waals surface area contributed by atoms with E-state index in [1.165, 1.54) is 0 Å². The third kappa shape index (κ3) is 4.38. The van der Waals surface area contributed by atoms with Crippen LogP contribution in [0.5, 0.6) is 0 Å². The molecule has 0 aromatic heterocycles. The molecule has 0 aliphatic rings. The number of hydrogen-bond donors (Lipinski definition) is 1. The second-order valence-electron chi connectivity index (χ2n) is 2.06. The number of ether oxygens (including phenoxy) is 1. The molecule has 0 saturated carbocycles. The van der Waals surface area contributed by atoms with Crippen LogP contribution in [-0.2, 0) is 11.3 Å². The Balaban J connectivity index is 0.00000121. The molecule has 0 heterocycles. The Kier molecular flexibility index (Phi) is 5.80. The summed E-state index contributed by atoms with van der Waals surface area (Å²) in [5, 5.41) is 16.5. The fourth-order valence-corrected chi connectivity index (χ4v) is 0.723. The van der Waals surface area contributed by atoms with Gasteiger partial charge in [0.25, 0.3) is 0 Å². The van der Waals surface area contributed by atoms with Gasteiger partial charge in [-0.2, -0.15) is 0 Å². The molecule has 0 amide bonds. The molecule has 3 nitrogen and oxygen atoms in total. The van der Waals surface area contributed by atoms with Crippen molar-refractivity contribution in [2.24, 2.45) is 0 Å². The smallest absolute Gasteiger partial charge is 0.596 e. The van der Waals surface area contributed by atoms with Crippen LogP contribution in [0.3, 0.4) is 0 Å². The topological polar surface area (TPSA) is 56.1 Å². The first-order valence-corrected chi connectivity index (χ1v) is 3.21. The Bertz CT molecular complexity index is 238. The van der Waals surface area contributed by atoms with Crippen LogP contribution in [0, 0.1) is 5.41 Å². The Morgan fingerprint density at radius 1 is 1.33 bits per heavy atom. The molecule has 0 aliphatic heterocycles. The second-order valence-corrected chi connectivity index (χ2v) is 2.06. The first-order chi connectivity index (χ1) is 5.29. The summed E-state index contributed by atoms with van der Waals surface area (Å²) >= 11 is 0. The molecule has 4 heteroatoms. The SMILES string of the molecule is N=C([O-])OCc1ccccc1.[Na+]. The molecule has 0 spiro atoms. The summed E-state index contributed by atoms with van der Waals surface area (Å²) < 4.78 is 4.46. The first kappa shape index (κ1) is 11.5. The van der Waals surface area contributed by atoms with Crippen molar-refractivity contribution in [2.45, 2.75) is 6.61 Å². The van der Waals surface area contributed by atoms with Crippen molar-refractivity contribution in [3.8, 4) is 0 Å². The van der Waals surface area contributed by atoms with E-state index in [-0.39, 0.29) is 36.2 Å². The molecule has 1 aromatic rings. The average Bonchev–Trinajstić information content (AvgIpc) is 2.03. The van der Waals surface area contributed by atoms with Crippen molar-refractivity contribution in [1.82, 2.24) is 0 Å². The zero-order valence-electron chi connectivity index (χ0n) is 6.91. The zero-order valence-corrected chi connectivity index (χ0v) is 8.91. The predicted octanol–water partition coefficient (Wildman–Crippen LogP) is -2.50. The van der Waals surface area contributed by atoms with Crippen LogP contribution in [0.4, 0.5) is 0 Å². The van der Waals surface area contributed by atoms with Gasteiger partial charge in [-0.15, -0.1) is 0 Å². The Morgan fingerprint density at radius 3 is 2.42 bits per heavy atom. The largest absolute Gasteiger partial charge is 1.00 e.